The highest BCUT2D eigenvalue weighted by atomic mass is 32.1. The molecule has 0 bridgehead atoms. The molecule has 16 heavy (non-hydrogen) atoms. The lowest BCUT2D eigenvalue weighted by Gasteiger charge is -1.98. The van der Waals surface area contributed by atoms with Crippen LogP contribution in [0.5, 0.6) is 0 Å². The molecule has 0 spiro atoms. The van der Waals surface area contributed by atoms with Crippen molar-refractivity contribution < 1.29 is 0 Å². The fourth-order valence-corrected chi connectivity index (χ4v) is 2.85. The van der Waals surface area contributed by atoms with Gasteiger partial charge in [0, 0.05) is 6.54 Å². The molecule has 0 fully saturated rings. The molecule has 1 N–H and O–H groups in total. The summed E-state index contributed by atoms with van der Waals surface area (Å²) in [5, 5.41) is 4.31. The minimum atomic E-state index is 0.852. The molecule has 1 heterocycles. The molecule has 2 nitrogen and oxygen atoms in total. The van der Waals surface area contributed by atoms with Gasteiger partial charge in [-0.25, -0.2) is 4.98 Å². The predicted molar refractivity (Wildman–Crippen MR) is 69.7 cm³/mol. The van der Waals surface area contributed by atoms with Gasteiger partial charge in [-0.3, -0.25) is 0 Å². The van der Waals surface area contributed by atoms with Crippen LogP contribution in [0, 0.1) is 0 Å². The van der Waals surface area contributed by atoms with Gasteiger partial charge in [-0.2, -0.15) is 0 Å². The van der Waals surface area contributed by atoms with E-state index in [0.717, 1.165) is 13.0 Å². The lowest BCUT2D eigenvalue weighted by molar-refractivity contribution is 0.804. The van der Waals surface area contributed by atoms with E-state index >= 15 is 0 Å². The summed E-state index contributed by atoms with van der Waals surface area (Å²) in [5.74, 6) is 0. The zero-order valence-corrected chi connectivity index (χ0v) is 10.5. The van der Waals surface area contributed by atoms with E-state index in [1.807, 2.05) is 13.1 Å². The van der Waals surface area contributed by atoms with E-state index in [0.29, 0.717) is 0 Å². The Kier molecular flexibility index (Phi) is 3.70. The van der Waals surface area contributed by atoms with E-state index < -0.39 is 0 Å². The first-order valence-corrected chi connectivity index (χ1v) is 6.35. The maximum absolute atomic E-state index is 4.65. The molecule has 2 rings (SSSR count). The van der Waals surface area contributed by atoms with E-state index in [2.05, 4.69) is 41.5 Å². The van der Waals surface area contributed by atoms with Crippen LogP contribution in [0.15, 0.2) is 30.3 Å². The molecule has 0 aliphatic heterocycles. The van der Waals surface area contributed by atoms with Crippen molar-refractivity contribution in [3.63, 3.8) is 0 Å². The van der Waals surface area contributed by atoms with E-state index in [4.69, 9.17) is 0 Å². The molecular formula is C13H16N2S. The zero-order chi connectivity index (χ0) is 11.4. The lowest BCUT2D eigenvalue weighted by atomic mass is 10.1. The van der Waals surface area contributed by atoms with Crippen molar-refractivity contribution in [3.05, 3.63) is 41.0 Å². The average molecular weight is 232 g/mol. The summed E-state index contributed by atoms with van der Waals surface area (Å²) in [4.78, 5) is 5.96. The first kappa shape index (κ1) is 11.3. The lowest BCUT2D eigenvalue weighted by Crippen LogP contribution is -2.04. The van der Waals surface area contributed by atoms with Gasteiger partial charge in [0.25, 0.3) is 0 Å². The van der Waals surface area contributed by atoms with Gasteiger partial charge in [0.15, 0.2) is 0 Å². The molecular weight excluding hydrogens is 216 g/mol. The van der Waals surface area contributed by atoms with Gasteiger partial charge < -0.3 is 5.32 Å². The van der Waals surface area contributed by atoms with Crippen LogP contribution in [0.3, 0.4) is 0 Å². The van der Waals surface area contributed by atoms with Crippen molar-refractivity contribution in [2.45, 2.75) is 19.9 Å². The largest absolute Gasteiger partial charge is 0.314 e. The number of hydrogen-bond acceptors (Lipinski definition) is 3. The third-order valence-electron chi connectivity index (χ3n) is 2.44. The summed E-state index contributed by atoms with van der Waals surface area (Å²) in [5.41, 5.74) is 2.49. The Morgan fingerprint density at radius 3 is 2.62 bits per heavy atom. The highest BCUT2D eigenvalue weighted by Crippen LogP contribution is 2.30. The quantitative estimate of drug-likeness (QED) is 0.876. The van der Waals surface area contributed by atoms with E-state index in [9.17, 15) is 0 Å². The van der Waals surface area contributed by atoms with Crippen LogP contribution in [-0.4, -0.2) is 12.0 Å². The second kappa shape index (κ2) is 5.23. The van der Waals surface area contributed by atoms with Gasteiger partial charge in [0.2, 0.25) is 0 Å². The Hall–Kier alpha value is -1.19. The van der Waals surface area contributed by atoms with Crippen LogP contribution in [0.1, 0.15) is 17.6 Å². The molecule has 0 atom stereocenters. The minimum absolute atomic E-state index is 0.852. The summed E-state index contributed by atoms with van der Waals surface area (Å²) in [6.45, 7) is 3.01. The highest BCUT2D eigenvalue weighted by Gasteiger charge is 2.10. The van der Waals surface area contributed by atoms with Gasteiger partial charge in [0.1, 0.15) is 5.01 Å². The fourth-order valence-electron chi connectivity index (χ4n) is 1.68. The Labute approximate surface area is 100 Å². The SMILES string of the molecule is CCc1nc(CNC)sc1-c1ccccc1. The van der Waals surface area contributed by atoms with Gasteiger partial charge in [-0.15, -0.1) is 11.3 Å². The Bertz CT molecular complexity index is 448. The summed E-state index contributed by atoms with van der Waals surface area (Å²) in [6.07, 6.45) is 0.991. The predicted octanol–water partition coefficient (Wildman–Crippen LogP) is 3.09. The van der Waals surface area contributed by atoms with Gasteiger partial charge >= 0.3 is 0 Å². The Balaban J connectivity index is 2.39. The summed E-state index contributed by atoms with van der Waals surface area (Å²) in [7, 11) is 1.95. The van der Waals surface area contributed by atoms with Gasteiger partial charge in [-0.05, 0) is 19.0 Å². The molecule has 2 aromatic rings. The molecule has 0 unspecified atom stereocenters. The van der Waals surface area contributed by atoms with Crippen LogP contribution < -0.4 is 5.32 Å². The molecule has 1 aromatic carbocycles. The molecule has 0 aliphatic rings. The van der Waals surface area contributed by atoms with Crippen molar-refractivity contribution in [2.24, 2.45) is 0 Å². The first-order chi connectivity index (χ1) is 7.85. The Morgan fingerprint density at radius 2 is 2.00 bits per heavy atom. The van der Waals surface area contributed by atoms with Crippen molar-refractivity contribution in [1.29, 1.82) is 0 Å². The van der Waals surface area contributed by atoms with Crippen molar-refractivity contribution >= 4 is 11.3 Å². The molecule has 0 saturated heterocycles. The number of aromatic nitrogens is 1. The number of rotatable bonds is 4. The van der Waals surface area contributed by atoms with E-state index in [1.165, 1.54) is 21.1 Å². The second-order valence-corrected chi connectivity index (χ2v) is 4.72. The molecule has 0 saturated carbocycles. The number of hydrogen-bond donors (Lipinski definition) is 1. The number of benzene rings is 1. The van der Waals surface area contributed by atoms with Crippen molar-refractivity contribution in [2.75, 3.05) is 7.05 Å². The minimum Gasteiger partial charge on any atom is -0.314 e. The Morgan fingerprint density at radius 1 is 1.25 bits per heavy atom. The van der Waals surface area contributed by atoms with E-state index in [-0.39, 0.29) is 0 Å². The zero-order valence-electron chi connectivity index (χ0n) is 9.66. The summed E-state index contributed by atoms with van der Waals surface area (Å²) in [6, 6.07) is 10.5. The smallest absolute Gasteiger partial charge is 0.107 e. The number of thiazole rings is 1. The van der Waals surface area contributed by atoms with Gasteiger partial charge in [-0.1, -0.05) is 37.3 Å². The molecule has 0 amide bonds. The standard InChI is InChI=1S/C13H16N2S/c1-3-11-13(10-7-5-4-6-8-10)16-12(15-11)9-14-2/h4-8,14H,3,9H2,1-2H3. The first-order valence-electron chi connectivity index (χ1n) is 5.53. The normalized spacial score (nSPS) is 10.6. The third-order valence-corrected chi connectivity index (χ3v) is 3.59. The maximum atomic E-state index is 4.65. The molecule has 0 aliphatic carbocycles. The molecule has 1 aromatic heterocycles. The van der Waals surface area contributed by atoms with Gasteiger partial charge in [0.05, 0.1) is 10.6 Å². The topological polar surface area (TPSA) is 24.9 Å². The molecule has 0 radical (unpaired) electrons. The summed E-state index contributed by atoms with van der Waals surface area (Å²) < 4.78 is 0. The van der Waals surface area contributed by atoms with Crippen LogP contribution in [0.4, 0.5) is 0 Å². The number of nitrogens with one attached hydrogen (secondary N) is 1. The highest BCUT2D eigenvalue weighted by molar-refractivity contribution is 7.15. The summed E-state index contributed by atoms with van der Waals surface area (Å²) >= 11 is 1.79. The van der Waals surface area contributed by atoms with Crippen molar-refractivity contribution in [3.8, 4) is 10.4 Å². The maximum Gasteiger partial charge on any atom is 0.107 e. The number of aryl methyl sites for hydroxylation is 1. The van der Waals surface area contributed by atoms with Crippen LogP contribution in [0.2, 0.25) is 0 Å². The second-order valence-electron chi connectivity index (χ2n) is 3.63. The molecule has 84 valence electrons. The van der Waals surface area contributed by atoms with Crippen LogP contribution in [-0.2, 0) is 13.0 Å². The van der Waals surface area contributed by atoms with E-state index in [1.54, 1.807) is 11.3 Å². The average Bonchev–Trinajstić information content (AvgIpc) is 2.74. The third kappa shape index (κ3) is 2.31. The van der Waals surface area contributed by atoms with Crippen LogP contribution >= 0.6 is 11.3 Å². The molecule has 3 heteroatoms. The number of nitrogens with zero attached hydrogens (tertiary/aromatic N) is 1. The fraction of sp³-hybridized carbons (Fsp3) is 0.308. The monoisotopic (exact) mass is 232 g/mol. The van der Waals surface area contributed by atoms with Crippen LogP contribution in [0.25, 0.3) is 10.4 Å². The van der Waals surface area contributed by atoms with Crippen molar-refractivity contribution in [1.82, 2.24) is 10.3 Å².